The van der Waals surface area contributed by atoms with Crippen LogP contribution in [-0.2, 0) is 11.2 Å². The summed E-state index contributed by atoms with van der Waals surface area (Å²) in [6.45, 7) is 3.60. The summed E-state index contributed by atoms with van der Waals surface area (Å²) < 4.78 is 0. The highest BCUT2D eigenvalue weighted by Gasteiger charge is 2.41. The summed E-state index contributed by atoms with van der Waals surface area (Å²) in [5.74, 6) is 1.79. The summed E-state index contributed by atoms with van der Waals surface area (Å²) in [6.07, 6.45) is 1.79. The zero-order valence-electron chi connectivity index (χ0n) is 14.8. The van der Waals surface area contributed by atoms with Crippen LogP contribution in [0.4, 0.5) is 0 Å². The SMILES string of the molecule is CCc1nc(SCC(=O)N2CCC3NNC(c4ccccc4)C3C2)n[nH]1. The number of nitrogens with zero attached hydrogens (tertiary/aromatic N) is 3. The molecule has 3 unspecified atom stereocenters. The van der Waals surface area contributed by atoms with E-state index in [0.717, 1.165) is 31.8 Å². The molecular formula is C18H24N6OS. The van der Waals surface area contributed by atoms with Crippen LogP contribution < -0.4 is 10.9 Å². The van der Waals surface area contributed by atoms with Gasteiger partial charge >= 0.3 is 0 Å². The monoisotopic (exact) mass is 372 g/mol. The van der Waals surface area contributed by atoms with Gasteiger partial charge in [0.2, 0.25) is 11.1 Å². The summed E-state index contributed by atoms with van der Waals surface area (Å²) in [6, 6.07) is 11.1. The average Bonchev–Trinajstić information content (AvgIpc) is 3.33. The van der Waals surface area contributed by atoms with Crippen molar-refractivity contribution in [2.24, 2.45) is 5.92 Å². The molecule has 0 radical (unpaired) electrons. The topological polar surface area (TPSA) is 85.9 Å². The van der Waals surface area contributed by atoms with Crippen LogP contribution in [-0.4, -0.2) is 50.9 Å². The molecular weight excluding hydrogens is 348 g/mol. The van der Waals surface area contributed by atoms with Crippen LogP contribution in [0, 0.1) is 5.92 Å². The van der Waals surface area contributed by atoms with Crippen molar-refractivity contribution in [2.45, 2.75) is 37.0 Å². The Bertz CT molecular complexity index is 751. The van der Waals surface area contributed by atoms with E-state index in [4.69, 9.17) is 0 Å². The number of piperidine rings is 1. The van der Waals surface area contributed by atoms with Crippen LogP contribution in [0.1, 0.15) is 30.8 Å². The minimum Gasteiger partial charge on any atom is -0.341 e. The van der Waals surface area contributed by atoms with Gasteiger partial charge in [-0.3, -0.25) is 15.3 Å². The summed E-state index contributed by atoms with van der Waals surface area (Å²) in [5.41, 5.74) is 8.11. The van der Waals surface area contributed by atoms with Gasteiger partial charge < -0.3 is 4.90 Å². The highest BCUT2D eigenvalue weighted by atomic mass is 32.2. The fourth-order valence-electron chi connectivity index (χ4n) is 3.74. The number of hydrogen-bond donors (Lipinski definition) is 3. The number of aromatic amines is 1. The fraction of sp³-hybridized carbons (Fsp3) is 0.500. The van der Waals surface area contributed by atoms with Crippen molar-refractivity contribution in [3.63, 3.8) is 0 Å². The molecule has 8 heteroatoms. The molecule has 26 heavy (non-hydrogen) atoms. The summed E-state index contributed by atoms with van der Waals surface area (Å²) in [7, 11) is 0. The quantitative estimate of drug-likeness (QED) is 0.690. The Morgan fingerprint density at radius 2 is 2.15 bits per heavy atom. The number of fused-ring (bicyclic) bond motifs is 1. The Morgan fingerprint density at radius 3 is 2.92 bits per heavy atom. The van der Waals surface area contributed by atoms with Crippen LogP contribution in [0.25, 0.3) is 0 Å². The van der Waals surface area contributed by atoms with Gasteiger partial charge in [-0.25, -0.2) is 10.4 Å². The van der Waals surface area contributed by atoms with Gasteiger partial charge in [-0.05, 0) is 12.0 Å². The maximum atomic E-state index is 12.7. The van der Waals surface area contributed by atoms with Gasteiger partial charge in [0, 0.05) is 31.5 Å². The van der Waals surface area contributed by atoms with E-state index in [9.17, 15) is 4.79 Å². The fourth-order valence-corrected chi connectivity index (χ4v) is 4.46. The van der Waals surface area contributed by atoms with E-state index in [2.05, 4.69) is 50.3 Å². The van der Waals surface area contributed by atoms with Gasteiger partial charge in [-0.2, -0.15) is 0 Å². The number of benzene rings is 1. The smallest absolute Gasteiger partial charge is 0.233 e. The molecule has 2 aliphatic rings. The third kappa shape index (κ3) is 3.62. The Morgan fingerprint density at radius 1 is 1.31 bits per heavy atom. The second kappa shape index (κ2) is 7.77. The molecule has 1 aromatic carbocycles. The molecule has 3 N–H and O–H groups in total. The summed E-state index contributed by atoms with van der Waals surface area (Å²) in [5, 5.41) is 7.68. The molecule has 0 saturated carbocycles. The minimum absolute atomic E-state index is 0.162. The average molecular weight is 372 g/mol. The van der Waals surface area contributed by atoms with Gasteiger partial charge in [-0.15, -0.1) is 5.10 Å². The zero-order valence-corrected chi connectivity index (χ0v) is 15.6. The number of likely N-dealkylation sites (tertiary alicyclic amines) is 1. The number of carbonyl (C=O) groups is 1. The molecule has 2 aromatic rings. The van der Waals surface area contributed by atoms with Crippen LogP contribution in [0.3, 0.4) is 0 Å². The number of nitrogens with one attached hydrogen (secondary N) is 3. The molecule has 0 aliphatic carbocycles. The Hall–Kier alpha value is -1.90. The molecule has 3 heterocycles. The van der Waals surface area contributed by atoms with Gasteiger partial charge in [0.25, 0.3) is 0 Å². The lowest BCUT2D eigenvalue weighted by Crippen LogP contribution is -2.48. The van der Waals surface area contributed by atoms with E-state index in [1.165, 1.54) is 17.3 Å². The van der Waals surface area contributed by atoms with E-state index in [0.29, 0.717) is 22.9 Å². The van der Waals surface area contributed by atoms with Gasteiger partial charge in [0.1, 0.15) is 5.82 Å². The molecule has 0 spiro atoms. The first-order valence-electron chi connectivity index (χ1n) is 9.12. The highest BCUT2D eigenvalue weighted by molar-refractivity contribution is 7.99. The van der Waals surface area contributed by atoms with Crippen molar-refractivity contribution < 1.29 is 4.79 Å². The summed E-state index contributed by atoms with van der Waals surface area (Å²) >= 11 is 1.40. The van der Waals surface area contributed by atoms with Crippen LogP contribution in [0.5, 0.6) is 0 Å². The number of rotatable bonds is 5. The normalized spacial score (nSPS) is 25.3. The standard InChI is InChI=1S/C18H24N6OS/c1-2-15-19-18(23-21-15)26-11-16(25)24-9-8-14-13(10-24)17(22-20-14)12-6-4-3-5-7-12/h3-7,13-14,17,20,22H,2,8-11H2,1H3,(H,19,21,23). The first-order valence-corrected chi connectivity index (χ1v) is 10.1. The predicted molar refractivity (Wildman–Crippen MR) is 100 cm³/mol. The van der Waals surface area contributed by atoms with Crippen molar-refractivity contribution in [3.05, 3.63) is 41.7 Å². The molecule has 7 nitrogen and oxygen atoms in total. The molecule has 2 aliphatic heterocycles. The third-order valence-corrected chi connectivity index (χ3v) is 6.02. The van der Waals surface area contributed by atoms with Crippen molar-refractivity contribution in [2.75, 3.05) is 18.8 Å². The second-order valence-electron chi connectivity index (χ2n) is 6.78. The lowest BCUT2D eigenvalue weighted by Gasteiger charge is -2.36. The molecule has 1 aromatic heterocycles. The number of amides is 1. The Balaban J connectivity index is 1.37. The van der Waals surface area contributed by atoms with Crippen molar-refractivity contribution >= 4 is 17.7 Å². The minimum atomic E-state index is 0.162. The van der Waals surface area contributed by atoms with Gasteiger partial charge in [-0.1, -0.05) is 49.0 Å². The number of carbonyl (C=O) groups excluding carboxylic acids is 1. The lowest BCUT2D eigenvalue weighted by molar-refractivity contribution is -0.130. The van der Waals surface area contributed by atoms with Crippen molar-refractivity contribution in [3.8, 4) is 0 Å². The lowest BCUT2D eigenvalue weighted by atomic mass is 9.85. The number of hydrazine groups is 1. The molecule has 2 saturated heterocycles. The molecule has 0 bridgehead atoms. The highest BCUT2D eigenvalue weighted by Crippen LogP contribution is 2.33. The number of aromatic nitrogens is 3. The number of aryl methyl sites for hydroxylation is 1. The van der Waals surface area contributed by atoms with E-state index in [1.54, 1.807) is 0 Å². The molecule has 3 atom stereocenters. The Labute approximate surface area is 157 Å². The van der Waals surface area contributed by atoms with E-state index < -0.39 is 0 Å². The summed E-state index contributed by atoms with van der Waals surface area (Å²) in [4.78, 5) is 19.0. The van der Waals surface area contributed by atoms with Crippen LogP contribution in [0.15, 0.2) is 35.5 Å². The molecule has 2 fully saturated rings. The maximum Gasteiger partial charge on any atom is 0.233 e. The van der Waals surface area contributed by atoms with Crippen molar-refractivity contribution in [1.82, 2.24) is 30.9 Å². The van der Waals surface area contributed by atoms with Crippen LogP contribution in [0.2, 0.25) is 0 Å². The number of hydrogen-bond acceptors (Lipinski definition) is 6. The van der Waals surface area contributed by atoms with Gasteiger partial charge in [0.05, 0.1) is 11.8 Å². The first-order chi connectivity index (χ1) is 12.7. The van der Waals surface area contributed by atoms with E-state index >= 15 is 0 Å². The van der Waals surface area contributed by atoms with E-state index in [1.807, 2.05) is 17.9 Å². The van der Waals surface area contributed by atoms with Crippen LogP contribution >= 0.6 is 11.8 Å². The third-order valence-electron chi connectivity index (χ3n) is 5.19. The zero-order chi connectivity index (χ0) is 17.9. The number of thioether (sulfide) groups is 1. The molecule has 138 valence electrons. The second-order valence-corrected chi connectivity index (χ2v) is 7.73. The first kappa shape index (κ1) is 17.5. The largest absolute Gasteiger partial charge is 0.341 e. The number of H-pyrrole nitrogens is 1. The van der Waals surface area contributed by atoms with E-state index in [-0.39, 0.29) is 11.9 Å². The molecule has 4 rings (SSSR count). The maximum absolute atomic E-state index is 12.7. The Kier molecular flexibility index (Phi) is 5.23. The molecule has 1 amide bonds. The van der Waals surface area contributed by atoms with Crippen molar-refractivity contribution in [1.29, 1.82) is 0 Å². The predicted octanol–water partition coefficient (Wildman–Crippen LogP) is 1.53. The van der Waals surface area contributed by atoms with Gasteiger partial charge in [0.15, 0.2) is 0 Å².